The molecule has 4 heteroatoms. The van der Waals surface area contributed by atoms with Crippen molar-refractivity contribution in [3.8, 4) is 23.6 Å². The van der Waals surface area contributed by atoms with E-state index < -0.39 is 0 Å². The molecule has 1 heterocycles. The summed E-state index contributed by atoms with van der Waals surface area (Å²) in [5.74, 6) is 2.72. The van der Waals surface area contributed by atoms with Crippen LogP contribution in [0.5, 0.6) is 0 Å². The molecule has 2 aromatic rings. The fraction of sp³-hybridized carbons (Fsp3) is 0.154. The van der Waals surface area contributed by atoms with Crippen LogP contribution in [0.1, 0.15) is 5.56 Å². The normalized spacial score (nSPS) is 10.2. The maximum atomic E-state index is 13.0. The van der Waals surface area contributed by atoms with Crippen LogP contribution in [0.4, 0.5) is 10.2 Å². The number of hydrogen-bond donors (Lipinski definition) is 1. The van der Waals surface area contributed by atoms with Crippen molar-refractivity contribution in [3.05, 3.63) is 35.9 Å². The lowest BCUT2D eigenvalue weighted by Gasteiger charge is -2.05. The minimum absolute atomic E-state index is 0.270. The second-order valence-electron chi connectivity index (χ2n) is 3.77. The average Bonchev–Trinajstić information content (AvgIpc) is 2.62. The molecule has 0 atom stereocenters. The molecule has 0 bridgehead atoms. The Labute approximate surface area is 99.1 Å². The van der Waals surface area contributed by atoms with Crippen LogP contribution >= 0.6 is 0 Å². The molecule has 2 rings (SSSR count). The predicted octanol–water partition coefficient (Wildman–Crippen LogP) is 2.21. The third kappa shape index (κ3) is 2.00. The zero-order valence-electron chi connectivity index (χ0n) is 9.44. The van der Waals surface area contributed by atoms with E-state index in [0.29, 0.717) is 18.1 Å². The Bertz CT molecular complexity index is 593. The predicted molar refractivity (Wildman–Crippen MR) is 65.6 cm³/mol. The summed E-state index contributed by atoms with van der Waals surface area (Å²) in [5.41, 5.74) is 8.19. The molecular weight excluding hydrogens is 217 g/mol. The van der Waals surface area contributed by atoms with Crippen molar-refractivity contribution < 1.29 is 4.39 Å². The molecule has 86 valence electrons. The molecule has 0 fully saturated rings. The fourth-order valence-corrected chi connectivity index (χ4v) is 1.72. The van der Waals surface area contributed by atoms with Gasteiger partial charge >= 0.3 is 0 Å². The van der Waals surface area contributed by atoms with Gasteiger partial charge in [0.25, 0.3) is 0 Å². The van der Waals surface area contributed by atoms with E-state index in [4.69, 9.17) is 12.2 Å². The SMILES string of the molecule is C#CCn1cnc(-c2ccc(F)cc2C)c1N. The van der Waals surface area contributed by atoms with E-state index in [1.807, 2.05) is 6.92 Å². The van der Waals surface area contributed by atoms with E-state index >= 15 is 0 Å². The largest absolute Gasteiger partial charge is 0.383 e. The van der Waals surface area contributed by atoms with Crippen LogP contribution in [0, 0.1) is 25.1 Å². The van der Waals surface area contributed by atoms with Gasteiger partial charge < -0.3 is 10.3 Å². The topological polar surface area (TPSA) is 43.8 Å². The van der Waals surface area contributed by atoms with Crippen LogP contribution in [0.15, 0.2) is 24.5 Å². The number of aromatic nitrogens is 2. The van der Waals surface area contributed by atoms with Gasteiger partial charge in [-0.1, -0.05) is 5.92 Å². The van der Waals surface area contributed by atoms with Gasteiger partial charge in [0.2, 0.25) is 0 Å². The van der Waals surface area contributed by atoms with Crippen LogP contribution in [-0.2, 0) is 6.54 Å². The van der Waals surface area contributed by atoms with Crippen LogP contribution in [-0.4, -0.2) is 9.55 Å². The van der Waals surface area contributed by atoms with Crippen LogP contribution in [0.3, 0.4) is 0 Å². The molecule has 2 N–H and O–H groups in total. The molecule has 0 aliphatic carbocycles. The Morgan fingerprint density at radius 2 is 2.29 bits per heavy atom. The fourth-order valence-electron chi connectivity index (χ4n) is 1.72. The summed E-state index contributed by atoms with van der Waals surface area (Å²) in [6, 6.07) is 4.51. The zero-order valence-corrected chi connectivity index (χ0v) is 9.44. The van der Waals surface area contributed by atoms with Gasteiger partial charge in [-0.25, -0.2) is 9.37 Å². The summed E-state index contributed by atoms with van der Waals surface area (Å²) in [7, 11) is 0. The van der Waals surface area contributed by atoms with E-state index in [1.165, 1.54) is 12.1 Å². The standard InChI is InChI=1S/C13H12FN3/c1-3-6-17-8-16-12(13(17)15)11-5-4-10(14)7-9(11)2/h1,4-5,7-8H,6,15H2,2H3. The summed E-state index contributed by atoms with van der Waals surface area (Å²) in [6.45, 7) is 2.19. The van der Waals surface area contributed by atoms with Crippen molar-refractivity contribution in [2.24, 2.45) is 0 Å². The van der Waals surface area contributed by atoms with Crippen molar-refractivity contribution >= 4 is 5.82 Å². The summed E-state index contributed by atoms with van der Waals surface area (Å²) in [5, 5.41) is 0. The van der Waals surface area contributed by atoms with Crippen molar-refractivity contribution in [2.75, 3.05) is 5.73 Å². The molecule has 0 aliphatic heterocycles. The highest BCUT2D eigenvalue weighted by Gasteiger charge is 2.11. The molecule has 0 aliphatic rings. The van der Waals surface area contributed by atoms with Crippen molar-refractivity contribution in [1.29, 1.82) is 0 Å². The molecule has 0 saturated carbocycles. The van der Waals surface area contributed by atoms with Gasteiger partial charge in [0.1, 0.15) is 17.3 Å². The molecule has 1 aromatic carbocycles. The number of anilines is 1. The molecule has 0 saturated heterocycles. The highest BCUT2D eigenvalue weighted by atomic mass is 19.1. The number of nitrogen functional groups attached to an aromatic ring is 1. The molecule has 0 amide bonds. The molecule has 0 radical (unpaired) electrons. The first-order valence-electron chi connectivity index (χ1n) is 5.14. The lowest BCUT2D eigenvalue weighted by Crippen LogP contribution is -2.01. The second-order valence-corrected chi connectivity index (χ2v) is 3.77. The van der Waals surface area contributed by atoms with E-state index in [-0.39, 0.29) is 5.82 Å². The Kier molecular flexibility index (Phi) is 2.84. The number of nitrogens with two attached hydrogens (primary N) is 1. The maximum absolute atomic E-state index is 13.0. The summed E-state index contributed by atoms with van der Waals surface area (Å²) >= 11 is 0. The van der Waals surface area contributed by atoms with E-state index in [1.54, 1.807) is 17.0 Å². The van der Waals surface area contributed by atoms with Crippen molar-refractivity contribution in [2.45, 2.75) is 13.5 Å². The highest BCUT2D eigenvalue weighted by molar-refractivity contribution is 5.73. The second kappa shape index (κ2) is 4.30. The van der Waals surface area contributed by atoms with Gasteiger partial charge in [0.05, 0.1) is 12.9 Å². The molecule has 0 unspecified atom stereocenters. The van der Waals surface area contributed by atoms with E-state index in [9.17, 15) is 4.39 Å². The molecule has 0 spiro atoms. The Hall–Kier alpha value is -2.28. The monoisotopic (exact) mass is 229 g/mol. The number of benzene rings is 1. The van der Waals surface area contributed by atoms with E-state index in [2.05, 4.69) is 10.9 Å². The molecular formula is C13H12FN3. The third-order valence-electron chi connectivity index (χ3n) is 2.58. The summed E-state index contributed by atoms with van der Waals surface area (Å²) < 4.78 is 14.7. The maximum Gasteiger partial charge on any atom is 0.132 e. The van der Waals surface area contributed by atoms with Crippen LogP contribution in [0.2, 0.25) is 0 Å². The minimum atomic E-state index is -0.270. The van der Waals surface area contributed by atoms with Gasteiger partial charge in [0, 0.05) is 5.56 Å². The van der Waals surface area contributed by atoms with Crippen LogP contribution in [0.25, 0.3) is 11.3 Å². The summed E-state index contributed by atoms with van der Waals surface area (Å²) in [4.78, 5) is 4.22. The van der Waals surface area contributed by atoms with Gasteiger partial charge in [-0.05, 0) is 30.7 Å². The first-order chi connectivity index (χ1) is 8.13. The molecule has 17 heavy (non-hydrogen) atoms. The quantitative estimate of drug-likeness (QED) is 0.802. The number of aryl methyl sites for hydroxylation is 1. The van der Waals surface area contributed by atoms with Gasteiger partial charge in [-0.15, -0.1) is 6.42 Å². The minimum Gasteiger partial charge on any atom is -0.383 e. The smallest absolute Gasteiger partial charge is 0.132 e. The number of hydrogen-bond acceptors (Lipinski definition) is 2. The zero-order chi connectivity index (χ0) is 12.4. The first-order valence-corrected chi connectivity index (χ1v) is 5.14. The van der Waals surface area contributed by atoms with Gasteiger partial charge in [-0.3, -0.25) is 0 Å². The third-order valence-corrected chi connectivity index (χ3v) is 2.58. The number of halogens is 1. The van der Waals surface area contributed by atoms with Crippen molar-refractivity contribution in [3.63, 3.8) is 0 Å². The van der Waals surface area contributed by atoms with Crippen LogP contribution < -0.4 is 5.73 Å². The number of terminal acetylenes is 1. The Morgan fingerprint density at radius 1 is 1.53 bits per heavy atom. The lowest BCUT2D eigenvalue weighted by molar-refractivity contribution is 0.627. The van der Waals surface area contributed by atoms with Crippen molar-refractivity contribution in [1.82, 2.24) is 9.55 Å². The molecule has 3 nitrogen and oxygen atoms in total. The van der Waals surface area contributed by atoms with E-state index in [0.717, 1.165) is 11.1 Å². The highest BCUT2D eigenvalue weighted by Crippen LogP contribution is 2.27. The number of rotatable bonds is 2. The Balaban J connectivity index is 2.50. The van der Waals surface area contributed by atoms with Gasteiger partial charge in [0.15, 0.2) is 0 Å². The lowest BCUT2D eigenvalue weighted by atomic mass is 10.1. The Morgan fingerprint density at radius 3 is 2.94 bits per heavy atom. The average molecular weight is 229 g/mol. The van der Waals surface area contributed by atoms with Gasteiger partial charge in [-0.2, -0.15) is 0 Å². The number of nitrogens with zero attached hydrogens (tertiary/aromatic N) is 2. The molecule has 1 aromatic heterocycles. The summed E-state index contributed by atoms with van der Waals surface area (Å²) in [6.07, 6.45) is 6.81. The number of imidazole rings is 1. The first kappa shape index (κ1) is 11.2.